The van der Waals surface area contributed by atoms with E-state index in [9.17, 15) is 14.3 Å². The number of carbonyl (C=O) groups is 1. The summed E-state index contributed by atoms with van der Waals surface area (Å²) in [7, 11) is 0. The van der Waals surface area contributed by atoms with E-state index in [-0.39, 0.29) is 24.9 Å². The fourth-order valence-electron chi connectivity index (χ4n) is 4.17. The van der Waals surface area contributed by atoms with Gasteiger partial charge >= 0.3 is 0 Å². The first-order valence-electron chi connectivity index (χ1n) is 11.7. The Morgan fingerprint density at radius 1 is 1.09 bits per heavy atom. The van der Waals surface area contributed by atoms with Crippen molar-refractivity contribution in [3.8, 4) is 11.5 Å². The van der Waals surface area contributed by atoms with E-state index < -0.39 is 5.60 Å². The number of rotatable bonds is 9. The molecule has 1 N–H and O–H groups in total. The molecule has 9 heteroatoms. The number of hydrogen-bond acceptors (Lipinski definition) is 6. The fourth-order valence-corrected chi connectivity index (χ4v) is 4.17. The predicted molar refractivity (Wildman–Crippen MR) is 129 cm³/mol. The van der Waals surface area contributed by atoms with E-state index in [1.807, 2.05) is 41.2 Å². The predicted octanol–water partition coefficient (Wildman–Crippen LogP) is 2.58. The number of carbonyl (C=O) groups excluding carboxylic acids is 1. The summed E-state index contributed by atoms with van der Waals surface area (Å²) >= 11 is 0. The largest absolute Gasteiger partial charge is 0.492 e. The first-order chi connectivity index (χ1) is 16.9. The van der Waals surface area contributed by atoms with Crippen molar-refractivity contribution >= 4 is 5.91 Å². The molecular formula is C26H31FN4O4. The van der Waals surface area contributed by atoms with Gasteiger partial charge in [-0.05, 0) is 48.0 Å². The van der Waals surface area contributed by atoms with Crippen molar-refractivity contribution in [1.29, 1.82) is 0 Å². The summed E-state index contributed by atoms with van der Waals surface area (Å²) in [5, 5.41) is 15.6. The second-order valence-corrected chi connectivity index (χ2v) is 8.88. The zero-order chi connectivity index (χ0) is 24.7. The van der Waals surface area contributed by atoms with E-state index >= 15 is 0 Å². The van der Waals surface area contributed by atoms with E-state index in [0.717, 1.165) is 11.3 Å². The van der Waals surface area contributed by atoms with Gasteiger partial charge in [0.2, 0.25) is 5.91 Å². The van der Waals surface area contributed by atoms with E-state index in [4.69, 9.17) is 9.47 Å². The van der Waals surface area contributed by atoms with Crippen LogP contribution >= 0.6 is 0 Å². The zero-order valence-corrected chi connectivity index (χ0v) is 19.8. The van der Waals surface area contributed by atoms with Crippen molar-refractivity contribution in [2.24, 2.45) is 0 Å². The summed E-state index contributed by atoms with van der Waals surface area (Å²) in [5.74, 6) is 0.779. The van der Waals surface area contributed by atoms with Crippen LogP contribution in [0.3, 0.4) is 0 Å². The number of β-amino-alcohol motifs (C(OH)–C–C–N with tert-alkyl or cyclic N) is 1. The molecule has 0 saturated carbocycles. The molecule has 186 valence electrons. The number of ether oxygens (including phenoxy) is 2. The average molecular weight is 483 g/mol. The number of aliphatic hydroxyl groups is 1. The molecule has 1 aliphatic heterocycles. The number of nitrogens with zero attached hydrogens (tertiary/aromatic N) is 4. The first kappa shape index (κ1) is 24.7. The Morgan fingerprint density at radius 2 is 1.91 bits per heavy atom. The van der Waals surface area contributed by atoms with Gasteiger partial charge in [0.25, 0.3) is 0 Å². The van der Waals surface area contributed by atoms with Gasteiger partial charge in [-0.15, -0.1) is 0 Å². The Morgan fingerprint density at radius 3 is 2.66 bits per heavy atom. The molecule has 0 aliphatic carbocycles. The van der Waals surface area contributed by atoms with Gasteiger partial charge in [0.1, 0.15) is 36.1 Å². The van der Waals surface area contributed by atoms with Crippen LogP contribution < -0.4 is 9.47 Å². The van der Waals surface area contributed by atoms with Crippen LogP contribution in [0.1, 0.15) is 12.5 Å². The van der Waals surface area contributed by atoms with Crippen molar-refractivity contribution < 1.29 is 23.8 Å². The maximum atomic E-state index is 13.2. The smallest absolute Gasteiger partial charge is 0.219 e. The van der Waals surface area contributed by atoms with E-state index in [0.29, 0.717) is 45.1 Å². The highest BCUT2D eigenvalue weighted by Crippen LogP contribution is 2.21. The quantitative estimate of drug-likeness (QED) is 0.505. The van der Waals surface area contributed by atoms with Gasteiger partial charge in [0.15, 0.2) is 0 Å². The van der Waals surface area contributed by atoms with Crippen LogP contribution in [0.4, 0.5) is 4.39 Å². The third-order valence-electron chi connectivity index (χ3n) is 5.91. The molecule has 1 aliphatic rings. The number of amides is 1. The summed E-state index contributed by atoms with van der Waals surface area (Å²) in [6, 6.07) is 15.4. The summed E-state index contributed by atoms with van der Waals surface area (Å²) in [4.78, 5) is 15.9. The zero-order valence-electron chi connectivity index (χ0n) is 19.8. The number of aromatic nitrogens is 2. The Kier molecular flexibility index (Phi) is 7.99. The van der Waals surface area contributed by atoms with Crippen molar-refractivity contribution in [1.82, 2.24) is 19.6 Å². The molecule has 35 heavy (non-hydrogen) atoms. The van der Waals surface area contributed by atoms with E-state index in [2.05, 4.69) is 10.00 Å². The van der Waals surface area contributed by atoms with Crippen LogP contribution in [0.5, 0.6) is 11.5 Å². The van der Waals surface area contributed by atoms with Crippen LogP contribution in [0, 0.1) is 5.82 Å². The molecule has 3 aromatic rings. The molecule has 8 nitrogen and oxygen atoms in total. The molecule has 4 rings (SSSR count). The minimum absolute atomic E-state index is 0.0184. The normalized spacial score (nSPS) is 18.8. The first-order valence-corrected chi connectivity index (χ1v) is 11.7. The monoisotopic (exact) mass is 482 g/mol. The fraction of sp³-hybridized carbons (Fsp3) is 0.385. The van der Waals surface area contributed by atoms with Crippen LogP contribution in [0.25, 0.3) is 0 Å². The molecular weight excluding hydrogens is 451 g/mol. The van der Waals surface area contributed by atoms with Gasteiger partial charge in [-0.1, -0.05) is 12.1 Å². The molecule has 2 heterocycles. The van der Waals surface area contributed by atoms with Crippen LogP contribution in [-0.4, -0.2) is 75.6 Å². The van der Waals surface area contributed by atoms with Gasteiger partial charge in [-0.3, -0.25) is 14.4 Å². The number of halogens is 1. The molecule has 0 radical (unpaired) electrons. The highest BCUT2D eigenvalue weighted by Gasteiger charge is 2.36. The van der Waals surface area contributed by atoms with Crippen molar-refractivity contribution in [3.63, 3.8) is 0 Å². The van der Waals surface area contributed by atoms with Gasteiger partial charge in [-0.2, -0.15) is 5.10 Å². The average Bonchev–Trinajstić information content (AvgIpc) is 3.29. The lowest BCUT2D eigenvalue weighted by Crippen LogP contribution is -2.51. The minimum Gasteiger partial charge on any atom is -0.492 e. The van der Waals surface area contributed by atoms with Gasteiger partial charge in [-0.25, -0.2) is 4.39 Å². The summed E-state index contributed by atoms with van der Waals surface area (Å²) < 4.78 is 26.7. The van der Waals surface area contributed by atoms with Crippen molar-refractivity contribution in [2.75, 3.05) is 39.4 Å². The van der Waals surface area contributed by atoms with Gasteiger partial charge < -0.3 is 19.5 Å². The third kappa shape index (κ3) is 7.27. The second-order valence-electron chi connectivity index (χ2n) is 8.88. The number of benzene rings is 2. The second kappa shape index (κ2) is 11.3. The Bertz CT molecular complexity index is 1090. The summed E-state index contributed by atoms with van der Waals surface area (Å²) in [6.45, 7) is 4.83. The molecule has 1 saturated heterocycles. The lowest BCUT2D eigenvalue weighted by atomic mass is 10.0. The molecule has 0 unspecified atom stereocenters. The lowest BCUT2D eigenvalue weighted by Gasteiger charge is -2.32. The molecule has 1 amide bonds. The Labute approximate surface area is 204 Å². The van der Waals surface area contributed by atoms with Crippen LogP contribution in [-0.2, 0) is 17.9 Å². The Balaban J connectivity index is 1.39. The van der Waals surface area contributed by atoms with E-state index in [1.54, 1.807) is 11.1 Å². The van der Waals surface area contributed by atoms with Crippen molar-refractivity contribution in [3.05, 3.63) is 78.4 Å². The standard InChI is InChI=1S/C26H31FN4O4/c1-21(32)30-13-12-29(18-26(33,19-30)20-35-24-8-6-23(27)7-9-24)17-22-4-2-5-25(16-22)34-15-14-31-11-3-10-28-31/h2-11,16,33H,12-15,17-20H2,1H3/t26-/m1/s1. The minimum atomic E-state index is -1.28. The molecule has 1 aromatic heterocycles. The van der Waals surface area contributed by atoms with Crippen LogP contribution in [0.15, 0.2) is 67.0 Å². The highest BCUT2D eigenvalue weighted by molar-refractivity contribution is 5.73. The van der Waals surface area contributed by atoms with E-state index in [1.165, 1.54) is 31.2 Å². The molecule has 1 fully saturated rings. The van der Waals surface area contributed by atoms with Gasteiger partial charge in [0, 0.05) is 45.5 Å². The van der Waals surface area contributed by atoms with Gasteiger partial charge in [0.05, 0.1) is 13.1 Å². The molecule has 1 atom stereocenters. The summed E-state index contributed by atoms with van der Waals surface area (Å²) in [6.07, 6.45) is 3.63. The third-order valence-corrected chi connectivity index (χ3v) is 5.91. The molecule has 0 spiro atoms. The lowest BCUT2D eigenvalue weighted by molar-refractivity contribution is -0.132. The topological polar surface area (TPSA) is 80.1 Å². The SMILES string of the molecule is CC(=O)N1CCN(Cc2cccc(OCCn3cccn3)c2)C[C@](O)(COc2ccc(F)cc2)C1. The number of hydrogen-bond donors (Lipinski definition) is 1. The van der Waals surface area contributed by atoms with Crippen LogP contribution in [0.2, 0.25) is 0 Å². The Hall–Kier alpha value is -3.43. The highest BCUT2D eigenvalue weighted by atomic mass is 19.1. The molecule has 2 aromatic carbocycles. The van der Waals surface area contributed by atoms with Crippen molar-refractivity contribution in [2.45, 2.75) is 25.6 Å². The maximum absolute atomic E-state index is 13.2. The summed E-state index contributed by atoms with van der Waals surface area (Å²) in [5.41, 5.74) is -0.242. The molecule has 0 bridgehead atoms. The maximum Gasteiger partial charge on any atom is 0.219 e.